The molecule has 0 atom stereocenters. The van der Waals surface area contributed by atoms with Crippen LogP contribution < -0.4 is 0 Å². The van der Waals surface area contributed by atoms with Gasteiger partial charge in [0, 0.05) is 19.6 Å². The van der Waals surface area contributed by atoms with Gasteiger partial charge in [-0.05, 0) is 0 Å². The number of fused-ring (bicyclic) bond motifs is 3. The Hall–Kier alpha value is -0.0800. The molecule has 3 rings (SSSR count). The molecule has 3 aliphatic rings. The third-order valence-electron chi connectivity index (χ3n) is 2.87. The average Bonchev–Trinajstić information content (AvgIpc) is 2.10. The summed E-state index contributed by atoms with van der Waals surface area (Å²) in [6.45, 7) is 12.2. The van der Waals surface area contributed by atoms with E-state index in [9.17, 15) is 0 Å². The molecular weight excluding hydrogens is 136 g/mol. The van der Waals surface area contributed by atoms with Crippen LogP contribution in [0.25, 0.3) is 0 Å². The predicted octanol–water partition coefficient (Wildman–Crippen LogP) is 0.788. The van der Waals surface area contributed by atoms with Crippen molar-refractivity contribution in [2.24, 2.45) is 0 Å². The summed E-state index contributed by atoms with van der Waals surface area (Å²) in [6, 6.07) is 0. The summed E-state index contributed by atoms with van der Waals surface area (Å²) in [5.74, 6) is 0. The van der Waals surface area contributed by atoms with E-state index in [-0.39, 0.29) is 0 Å². The van der Waals surface area contributed by atoms with Crippen LogP contribution in [0.2, 0.25) is 0 Å². The topological polar surface area (TPSA) is 3.24 Å². The van der Waals surface area contributed by atoms with E-state index in [2.05, 4.69) is 11.9 Å². The lowest BCUT2D eigenvalue weighted by atomic mass is 10.2. The number of quaternary nitrogens is 1. The van der Waals surface area contributed by atoms with Crippen LogP contribution in [-0.2, 0) is 0 Å². The van der Waals surface area contributed by atoms with Crippen LogP contribution in [-0.4, -0.2) is 55.7 Å². The fraction of sp³-hybridized carbons (Fsp3) is 1.00. The van der Waals surface area contributed by atoms with Crippen molar-refractivity contribution < 1.29 is 4.48 Å². The van der Waals surface area contributed by atoms with Crippen molar-refractivity contribution in [3.8, 4) is 0 Å². The van der Waals surface area contributed by atoms with Crippen molar-refractivity contribution in [1.29, 1.82) is 0 Å². The van der Waals surface area contributed by atoms with Crippen LogP contribution in [0.5, 0.6) is 0 Å². The van der Waals surface area contributed by atoms with Crippen LogP contribution in [0.15, 0.2) is 0 Å². The Morgan fingerprint density at radius 1 is 0.909 bits per heavy atom. The smallest absolute Gasteiger partial charge is 0.0914 e. The molecule has 0 spiro atoms. The zero-order valence-electron chi connectivity index (χ0n) is 8.14. The maximum Gasteiger partial charge on any atom is 0.0914 e. The standard InChI is InChI=1S/C7H15N2.C2H6/c1-9-5-2-8(3-6-9)4-7-9;1-2/h2-7H2,1H3;1-2H3/q+1;. The Bertz CT molecular complexity index is 101. The van der Waals surface area contributed by atoms with Gasteiger partial charge in [0.05, 0.1) is 26.7 Å². The third kappa shape index (κ3) is 1.94. The molecule has 0 radical (unpaired) electrons. The number of hydrogen-bond donors (Lipinski definition) is 0. The molecule has 0 aromatic heterocycles. The first-order valence-corrected chi connectivity index (χ1v) is 4.84. The Morgan fingerprint density at radius 3 is 1.45 bits per heavy atom. The normalized spacial score (nSPS) is 41.2. The van der Waals surface area contributed by atoms with Crippen molar-refractivity contribution in [3.05, 3.63) is 0 Å². The molecular formula is C9H21N2+. The van der Waals surface area contributed by atoms with Crippen molar-refractivity contribution in [2.75, 3.05) is 46.3 Å². The fourth-order valence-corrected chi connectivity index (χ4v) is 1.82. The molecule has 66 valence electrons. The van der Waals surface area contributed by atoms with E-state index in [1.807, 2.05) is 13.8 Å². The highest BCUT2D eigenvalue weighted by Crippen LogP contribution is 2.15. The van der Waals surface area contributed by atoms with E-state index in [4.69, 9.17) is 0 Å². The summed E-state index contributed by atoms with van der Waals surface area (Å²) in [7, 11) is 2.39. The molecule has 0 aromatic carbocycles. The molecule has 3 fully saturated rings. The quantitative estimate of drug-likeness (QED) is 0.470. The molecule has 2 heteroatoms. The second-order valence-electron chi connectivity index (χ2n) is 3.63. The molecule has 0 amide bonds. The van der Waals surface area contributed by atoms with Gasteiger partial charge in [0.15, 0.2) is 0 Å². The molecule has 0 aliphatic carbocycles. The van der Waals surface area contributed by atoms with Gasteiger partial charge in [0.25, 0.3) is 0 Å². The van der Waals surface area contributed by atoms with Crippen molar-refractivity contribution >= 4 is 0 Å². The fourth-order valence-electron chi connectivity index (χ4n) is 1.82. The first kappa shape index (κ1) is 9.01. The summed E-state index contributed by atoms with van der Waals surface area (Å²) in [5, 5.41) is 0. The lowest BCUT2D eigenvalue weighted by Crippen LogP contribution is -2.65. The highest BCUT2D eigenvalue weighted by molar-refractivity contribution is 4.68. The maximum absolute atomic E-state index is 2.57. The Kier molecular flexibility index (Phi) is 2.90. The largest absolute Gasteiger partial charge is 0.323 e. The van der Waals surface area contributed by atoms with Gasteiger partial charge in [-0.15, -0.1) is 0 Å². The van der Waals surface area contributed by atoms with Gasteiger partial charge in [-0.1, -0.05) is 13.8 Å². The van der Waals surface area contributed by atoms with Gasteiger partial charge in [-0.2, -0.15) is 0 Å². The van der Waals surface area contributed by atoms with Crippen LogP contribution >= 0.6 is 0 Å². The van der Waals surface area contributed by atoms with E-state index < -0.39 is 0 Å². The molecule has 0 aromatic rings. The highest BCUT2D eigenvalue weighted by atomic mass is 15.4. The Balaban J connectivity index is 0.000000281. The molecule has 3 saturated heterocycles. The Morgan fingerprint density at radius 2 is 1.27 bits per heavy atom. The number of hydrogen-bond acceptors (Lipinski definition) is 1. The van der Waals surface area contributed by atoms with E-state index in [1.54, 1.807) is 0 Å². The molecule has 2 bridgehead atoms. The lowest BCUT2D eigenvalue weighted by Gasteiger charge is -2.48. The predicted molar refractivity (Wildman–Crippen MR) is 48.6 cm³/mol. The first-order chi connectivity index (χ1) is 5.29. The lowest BCUT2D eigenvalue weighted by molar-refractivity contribution is -0.922. The maximum atomic E-state index is 2.57. The van der Waals surface area contributed by atoms with E-state index in [0.717, 1.165) is 0 Å². The van der Waals surface area contributed by atoms with E-state index in [0.29, 0.717) is 0 Å². The zero-order valence-corrected chi connectivity index (χ0v) is 8.14. The van der Waals surface area contributed by atoms with Gasteiger partial charge in [0.2, 0.25) is 0 Å². The summed E-state index contributed by atoms with van der Waals surface area (Å²) >= 11 is 0. The van der Waals surface area contributed by atoms with Gasteiger partial charge >= 0.3 is 0 Å². The van der Waals surface area contributed by atoms with Crippen LogP contribution in [0.1, 0.15) is 13.8 Å². The van der Waals surface area contributed by atoms with Gasteiger partial charge in [0.1, 0.15) is 0 Å². The van der Waals surface area contributed by atoms with E-state index >= 15 is 0 Å². The molecule has 0 saturated carbocycles. The minimum absolute atomic E-state index is 1.34. The second kappa shape index (κ2) is 3.55. The second-order valence-corrected chi connectivity index (χ2v) is 3.63. The van der Waals surface area contributed by atoms with Crippen molar-refractivity contribution in [3.63, 3.8) is 0 Å². The van der Waals surface area contributed by atoms with Crippen molar-refractivity contribution in [1.82, 2.24) is 4.90 Å². The van der Waals surface area contributed by atoms with Crippen molar-refractivity contribution in [2.45, 2.75) is 13.8 Å². The average molecular weight is 157 g/mol. The SMILES string of the molecule is CC.C[N+]12CCN(CC1)CC2. The van der Waals surface area contributed by atoms with Crippen LogP contribution in [0.3, 0.4) is 0 Å². The summed E-state index contributed by atoms with van der Waals surface area (Å²) < 4.78 is 1.34. The summed E-state index contributed by atoms with van der Waals surface area (Å²) in [5.41, 5.74) is 0. The zero-order chi connectivity index (χ0) is 8.32. The summed E-state index contributed by atoms with van der Waals surface area (Å²) in [6.07, 6.45) is 0. The third-order valence-corrected chi connectivity index (χ3v) is 2.87. The monoisotopic (exact) mass is 157 g/mol. The first-order valence-electron chi connectivity index (χ1n) is 4.84. The summed E-state index contributed by atoms with van der Waals surface area (Å²) in [4.78, 5) is 2.57. The molecule has 0 unspecified atom stereocenters. The minimum Gasteiger partial charge on any atom is -0.323 e. The van der Waals surface area contributed by atoms with Crippen LogP contribution in [0.4, 0.5) is 0 Å². The van der Waals surface area contributed by atoms with E-state index in [1.165, 1.54) is 43.8 Å². The number of likely N-dealkylation sites (N-methyl/N-ethyl adjacent to an activating group) is 1. The number of rotatable bonds is 0. The molecule has 2 nitrogen and oxygen atoms in total. The van der Waals surface area contributed by atoms with Gasteiger partial charge < -0.3 is 4.48 Å². The number of nitrogens with zero attached hydrogens (tertiary/aromatic N) is 2. The Labute approximate surface area is 70.4 Å². The van der Waals surface area contributed by atoms with Crippen LogP contribution in [0, 0.1) is 0 Å². The molecule has 0 N–H and O–H groups in total. The minimum atomic E-state index is 1.34. The molecule has 3 aliphatic heterocycles. The number of piperazine rings is 3. The van der Waals surface area contributed by atoms with Gasteiger partial charge in [-0.3, -0.25) is 4.90 Å². The molecule has 3 heterocycles. The van der Waals surface area contributed by atoms with Gasteiger partial charge in [-0.25, -0.2) is 0 Å². The molecule has 11 heavy (non-hydrogen) atoms. The highest BCUT2D eigenvalue weighted by Gasteiger charge is 2.34.